The molecule has 2 rings (SSSR count). The van der Waals surface area contributed by atoms with E-state index in [1.54, 1.807) is 0 Å². The molecule has 3 nitrogen and oxygen atoms in total. The van der Waals surface area contributed by atoms with Crippen molar-refractivity contribution in [2.45, 2.75) is 49.9 Å². The topological polar surface area (TPSA) is 43.3 Å². The van der Waals surface area contributed by atoms with Gasteiger partial charge in [0, 0.05) is 23.4 Å². The molecule has 0 fully saturated rings. The van der Waals surface area contributed by atoms with Gasteiger partial charge in [0.05, 0.1) is 5.69 Å². The Hall–Kier alpha value is -1.00. The highest BCUT2D eigenvalue weighted by molar-refractivity contribution is 8.00. The Morgan fingerprint density at radius 3 is 2.72 bits per heavy atom. The van der Waals surface area contributed by atoms with Gasteiger partial charge in [-0.15, -0.1) is 0 Å². The van der Waals surface area contributed by atoms with E-state index in [0.29, 0.717) is 0 Å². The highest BCUT2D eigenvalue weighted by atomic mass is 32.2. The van der Waals surface area contributed by atoms with E-state index < -0.39 is 0 Å². The van der Waals surface area contributed by atoms with E-state index in [-0.39, 0.29) is 10.8 Å². The van der Waals surface area contributed by atoms with Gasteiger partial charge >= 0.3 is 0 Å². The number of imidazole rings is 1. The highest BCUT2D eigenvalue weighted by Crippen LogP contribution is 2.34. The van der Waals surface area contributed by atoms with Crippen molar-refractivity contribution in [1.29, 1.82) is 0 Å². The molecule has 0 aromatic carbocycles. The first-order valence-corrected chi connectivity index (χ1v) is 7.09. The molecule has 0 saturated carbocycles. The van der Waals surface area contributed by atoms with Crippen LogP contribution in [0.4, 0.5) is 0 Å². The summed E-state index contributed by atoms with van der Waals surface area (Å²) < 4.78 is 2.31. The van der Waals surface area contributed by atoms with Gasteiger partial charge in [0.2, 0.25) is 0 Å². The van der Waals surface area contributed by atoms with Gasteiger partial charge in [-0.05, 0) is 19.1 Å². The van der Waals surface area contributed by atoms with E-state index in [4.69, 9.17) is 10.7 Å². The van der Waals surface area contributed by atoms with Gasteiger partial charge in [-0.3, -0.25) is 0 Å². The van der Waals surface area contributed by atoms with Crippen molar-refractivity contribution in [2.75, 3.05) is 0 Å². The summed E-state index contributed by atoms with van der Waals surface area (Å²) in [5.41, 5.74) is 8.18. The van der Waals surface area contributed by atoms with Crippen LogP contribution >= 0.6 is 11.8 Å². The second-order valence-electron chi connectivity index (χ2n) is 5.69. The molecule has 98 valence electrons. The highest BCUT2D eigenvalue weighted by Gasteiger charge is 2.20. The van der Waals surface area contributed by atoms with Crippen LogP contribution in [-0.2, 0) is 6.42 Å². The third kappa shape index (κ3) is 3.06. The third-order valence-corrected chi connectivity index (χ3v) is 3.64. The average Bonchev–Trinajstić information content (AvgIpc) is 2.54. The molecule has 2 aromatic rings. The van der Waals surface area contributed by atoms with Gasteiger partial charge in [-0.25, -0.2) is 4.98 Å². The van der Waals surface area contributed by atoms with E-state index in [1.807, 2.05) is 36.9 Å². The summed E-state index contributed by atoms with van der Waals surface area (Å²) in [5, 5.41) is 1.10. The molecule has 2 heterocycles. The van der Waals surface area contributed by atoms with Crippen molar-refractivity contribution < 1.29 is 0 Å². The van der Waals surface area contributed by atoms with Gasteiger partial charge in [0.1, 0.15) is 10.7 Å². The Morgan fingerprint density at radius 2 is 2.11 bits per heavy atom. The van der Waals surface area contributed by atoms with Crippen molar-refractivity contribution in [3.63, 3.8) is 0 Å². The first kappa shape index (κ1) is 13.4. The predicted molar refractivity (Wildman–Crippen MR) is 78.2 cm³/mol. The second kappa shape index (κ2) is 4.94. The van der Waals surface area contributed by atoms with Gasteiger partial charge in [0.25, 0.3) is 0 Å². The standard InChI is InChI=1S/C14H21N3S/c1-10(15)9-11-13(18-14(2,3)4)16-12-7-5-6-8-17(11)12/h5-8,10H,9,15H2,1-4H3. The van der Waals surface area contributed by atoms with Crippen molar-refractivity contribution in [3.05, 3.63) is 30.1 Å². The normalized spacial score (nSPS) is 14.1. The molecule has 0 amide bonds. The van der Waals surface area contributed by atoms with E-state index >= 15 is 0 Å². The lowest BCUT2D eigenvalue weighted by Crippen LogP contribution is -2.19. The Balaban J connectivity index is 2.50. The zero-order chi connectivity index (χ0) is 13.3. The average molecular weight is 263 g/mol. The van der Waals surface area contributed by atoms with Crippen LogP contribution in [0.3, 0.4) is 0 Å². The Kier molecular flexibility index (Phi) is 3.69. The number of rotatable bonds is 3. The number of nitrogens with two attached hydrogens (primary N) is 1. The van der Waals surface area contributed by atoms with Crippen molar-refractivity contribution >= 4 is 17.4 Å². The molecule has 4 heteroatoms. The molecule has 2 aromatic heterocycles. The molecule has 0 aliphatic heterocycles. The summed E-state index contributed by atoms with van der Waals surface area (Å²) in [6.07, 6.45) is 2.91. The van der Waals surface area contributed by atoms with Gasteiger partial charge < -0.3 is 10.1 Å². The van der Waals surface area contributed by atoms with E-state index in [1.165, 1.54) is 5.69 Å². The number of nitrogens with zero attached hydrogens (tertiary/aromatic N) is 2. The van der Waals surface area contributed by atoms with E-state index in [0.717, 1.165) is 17.1 Å². The third-order valence-electron chi connectivity index (χ3n) is 2.51. The first-order chi connectivity index (χ1) is 8.37. The van der Waals surface area contributed by atoms with Gasteiger partial charge in [-0.2, -0.15) is 0 Å². The minimum absolute atomic E-state index is 0.143. The fourth-order valence-corrected chi connectivity index (χ4v) is 2.91. The molecular weight excluding hydrogens is 242 g/mol. The SMILES string of the molecule is CC(N)Cc1c(SC(C)(C)C)nc2ccccn12. The van der Waals surface area contributed by atoms with E-state index in [2.05, 4.69) is 31.4 Å². The largest absolute Gasteiger partial charge is 0.328 e. The molecule has 1 atom stereocenters. The van der Waals surface area contributed by atoms with Gasteiger partial charge in [-0.1, -0.05) is 38.6 Å². The number of aromatic nitrogens is 2. The molecule has 0 saturated heterocycles. The summed E-state index contributed by atoms with van der Waals surface area (Å²) in [6, 6.07) is 6.23. The minimum Gasteiger partial charge on any atom is -0.328 e. The summed E-state index contributed by atoms with van der Waals surface area (Å²) >= 11 is 1.81. The van der Waals surface area contributed by atoms with Crippen LogP contribution in [0, 0.1) is 0 Å². The fraction of sp³-hybridized carbons (Fsp3) is 0.500. The molecule has 18 heavy (non-hydrogen) atoms. The first-order valence-electron chi connectivity index (χ1n) is 6.27. The van der Waals surface area contributed by atoms with Gasteiger partial charge in [0.15, 0.2) is 0 Å². The smallest absolute Gasteiger partial charge is 0.138 e. The van der Waals surface area contributed by atoms with Crippen molar-refractivity contribution in [2.24, 2.45) is 5.73 Å². The van der Waals surface area contributed by atoms with Crippen LogP contribution in [0.1, 0.15) is 33.4 Å². The van der Waals surface area contributed by atoms with Crippen molar-refractivity contribution in [1.82, 2.24) is 9.38 Å². The van der Waals surface area contributed by atoms with Crippen LogP contribution < -0.4 is 5.73 Å². The Bertz CT molecular complexity index is 537. The molecule has 0 aliphatic rings. The monoisotopic (exact) mass is 263 g/mol. The summed E-state index contributed by atoms with van der Waals surface area (Å²) in [5.74, 6) is 0. The summed E-state index contributed by atoms with van der Waals surface area (Å²) in [7, 11) is 0. The molecular formula is C14H21N3S. The maximum Gasteiger partial charge on any atom is 0.138 e. The lowest BCUT2D eigenvalue weighted by atomic mass is 10.2. The Morgan fingerprint density at radius 1 is 1.39 bits per heavy atom. The lowest BCUT2D eigenvalue weighted by molar-refractivity contribution is 0.703. The summed E-state index contributed by atoms with van der Waals surface area (Å²) in [6.45, 7) is 8.65. The quantitative estimate of drug-likeness (QED) is 0.865. The zero-order valence-electron chi connectivity index (χ0n) is 11.5. The van der Waals surface area contributed by atoms with Crippen LogP contribution in [0.2, 0.25) is 0 Å². The summed E-state index contributed by atoms with van der Waals surface area (Å²) in [4.78, 5) is 4.72. The molecule has 0 bridgehead atoms. The molecule has 1 unspecified atom stereocenters. The van der Waals surface area contributed by atoms with E-state index in [9.17, 15) is 0 Å². The zero-order valence-corrected chi connectivity index (χ0v) is 12.3. The molecule has 2 N–H and O–H groups in total. The lowest BCUT2D eigenvalue weighted by Gasteiger charge is -2.17. The fourth-order valence-electron chi connectivity index (χ4n) is 1.89. The van der Waals surface area contributed by atoms with Crippen LogP contribution in [0.25, 0.3) is 5.65 Å². The van der Waals surface area contributed by atoms with Crippen LogP contribution in [0.5, 0.6) is 0 Å². The predicted octanol–water partition coefficient (Wildman–Crippen LogP) is 3.11. The molecule has 0 radical (unpaired) electrons. The molecule has 0 spiro atoms. The number of hydrogen-bond donors (Lipinski definition) is 1. The molecule has 0 aliphatic carbocycles. The number of fused-ring (bicyclic) bond motifs is 1. The number of pyridine rings is 1. The second-order valence-corrected chi connectivity index (χ2v) is 7.50. The van der Waals surface area contributed by atoms with Crippen molar-refractivity contribution in [3.8, 4) is 0 Å². The Labute approximate surface area is 113 Å². The number of hydrogen-bond acceptors (Lipinski definition) is 3. The maximum absolute atomic E-state index is 5.96. The maximum atomic E-state index is 5.96. The minimum atomic E-state index is 0.143. The van der Waals surface area contributed by atoms with Crippen LogP contribution in [0.15, 0.2) is 29.4 Å². The van der Waals surface area contributed by atoms with Crippen LogP contribution in [-0.4, -0.2) is 20.2 Å². The number of thioether (sulfide) groups is 1.